The number of carbonyl (C=O) groups is 2. The molecule has 2 aliphatic rings. The molecule has 3 atom stereocenters. The van der Waals surface area contributed by atoms with Gasteiger partial charge < -0.3 is 9.47 Å². The molecule has 2 amide bonds. The van der Waals surface area contributed by atoms with Crippen molar-refractivity contribution in [1.29, 1.82) is 0 Å². The van der Waals surface area contributed by atoms with E-state index in [1.807, 2.05) is 55.5 Å². The zero-order chi connectivity index (χ0) is 23.1. The third-order valence-corrected chi connectivity index (χ3v) is 6.17. The molecule has 5 rings (SSSR count). The Bertz CT molecular complexity index is 1200. The van der Waals surface area contributed by atoms with Gasteiger partial charge in [-0.3, -0.25) is 14.4 Å². The summed E-state index contributed by atoms with van der Waals surface area (Å²) in [5.74, 6) is -0.226. The number of imide groups is 1. The summed E-state index contributed by atoms with van der Waals surface area (Å²) in [6, 6.07) is 21.6. The second-order valence-electron chi connectivity index (χ2n) is 8.11. The number of benzene rings is 3. The van der Waals surface area contributed by atoms with E-state index in [4.69, 9.17) is 14.3 Å². The lowest BCUT2D eigenvalue weighted by Gasteiger charge is -2.29. The lowest BCUT2D eigenvalue weighted by molar-refractivity contribution is -0.126. The highest BCUT2D eigenvalue weighted by molar-refractivity contribution is 6.24. The van der Waals surface area contributed by atoms with Crippen LogP contribution in [0.15, 0.2) is 72.8 Å². The maximum absolute atomic E-state index is 13.7. The minimum atomic E-state index is -0.945. The first-order chi connectivity index (χ1) is 16.0. The number of para-hydroxylation sites is 1. The van der Waals surface area contributed by atoms with E-state index in [0.717, 1.165) is 11.3 Å². The van der Waals surface area contributed by atoms with Gasteiger partial charge in [0.15, 0.2) is 6.10 Å². The van der Waals surface area contributed by atoms with Crippen molar-refractivity contribution in [2.75, 3.05) is 24.2 Å². The molecular weight excluding hydrogens is 420 g/mol. The van der Waals surface area contributed by atoms with Crippen LogP contribution in [-0.4, -0.2) is 32.1 Å². The Balaban J connectivity index is 1.63. The molecule has 7 heteroatoms. The van der Waals surface area contributed by atoms with E-state index >= 15 is 0 Å². The van der Waals surface area contributed by atoms with Crippen molar-refractivity contribution in [3.63, 3.8) is 0 Å². The maximum Gasteiger partial charge on any atom is 0.266 e. The fourth-order valence-corrected chi connectivity index (χ4v) is 4.55. The zero-order valence-electron chi connectivity index (χ0n) is 18.6. The monoisotopic (exact) mass is 444 g/mol. The predicted molar refractivity (Wildman–Crippen MR) is 123 cm³/mol. The van der Waals surface area contributed by atoms with Crippen molar-refractivity contribution < 1.29 is 23.9 Å². The van der Waals surface area contributed by atoms with Gasteiger partial charge in [-0.05, 0) is 49.4 Å². The van der Waals surface area contributed by atoms with Gasteiger partial charge in [-0.15, -0.1) is 0 Å². The number of rotatable bonds is 5. The van der Waals surface area contributed by atoms with Crippen molar-refractivity contribution in [3.05, 3.63) is 83.9 Å². The van der Waals surface area contributed by atoms with E-state index in [1.165, 1.54) is 4.90 Å². The molecule has 2 fully saturated rings. The minimum Gasteiger partial charge on any atom is -0.497 e. The quantitative estimate of drug-likeness (QED) is 0.553. The number of hydrogen-bond donors (Lipinski definition) is 0. The van der Waals surface area contributed by atoms with Crippen LogP contribution in [0.25, 0.3) is 0 Å². The molecule has 3 aromatic carbocycles. The van der Waals surface area contributed by atoms with Gasteiger partial charge in [-0.25, -0.2) is 9.96 Å². The summed E-state index contributed by atoms with van der Waals surface area (Å²) < 4.78 is 11.1. The van der Waals surface area contributed by atoms with Crippen molar-refractivity contribution in [3.8, 4) is 11.5 Å². The van der Waals surface area contributed by atoms with Gasteiger partial charge >= 0.3 is 0 Å². The van der Waals surface area contributed by atoms with Crippen LogP contribution in [0.3, 0.4) is 0 Å². The SMILES string of the molecule is COc1ccc(OC)c([C@@H]2[C@H]3C(=O)N(c4ccc(C)cc4)C(=O)[C@@H]3ON2c2ccccc2)c1. The fourth-order valence-electron chi connectivity index (χ4n) is 4.55. The first-order valence-corrected chi connectivity index (χ1v) is 10.7. The molecule has 0 unspecified atom stereocenters. The van der Waals surface area contributed by atoms with Crippen LogP contribution < -0.4 is 19.4 Å². The highest BCUT2D eigenvalue weighted by Gasteiger charge is 2.60. The Kier molecular flexibility index (Phi) is 5.26. The number of methoxy groups -OCH3 is 2. The molecule has 0 saturated carbocycles. The van der Waals surface area contributed by atoms with Crippen LogP contribution in [0.5, 0.6) is 11.5 Å². The molecule has 0 bridgehead atoms. The van der Waals surface area contributed by atoms with Crippen LogP contribution in [0.1, 0.15) is 17.2 Å². The van der Waals surface area contributed by atoms with Crippen molar-refractivity contribution in [2.24, 2.45) is 5.92 Å². The first-order valence-electron chi connectivity index (χ1n) is 10.7. The number of nitrogens with zero attached hydrogens (tertiary/aromatic N) is 2. The highest BCUT2D eigenvalue weighted by atomic mass is 16.7. The van der Waals surface area contributed by atoms with Gasteiger partial charge in [0, 0.05) is 5.56 Å². The lowest BCUT2D eigenvalue weighted by Crippen LogP contribution is -2.37. The van der Waals surface area contributed by atoms with E-state index in [-0.39, 0.29) is 11.8 Å². The third-order valence-electron chi connectivity index (χ3n) is 6.17. The van der Waals surface area contributed by atoms with E-state index in [0.29, 0.717) is 22.7 Å². The molecule has 7 nitrogen and oxygen atoms in total. The molecule has 0 spiro atoms. The summed E-state index contributed by atoms with van der Waals surface area (Å²) in [6.07, 6.45) is -0.945. The Morgan fingerprint density at radius 3 is 2.21 bits per heavy atom. The normalized spacial score (nSPS) is 22.0. The Hall–Kier alpha value is -3.84. The van der Waals surface area contributed by atoms with Crippen LogP contribution in [-0.2, 0) is 14.4 Å². The summed E-state index contributed by atoms with van der Waals surface area (Å²) in [7, 11) is 3.16. The molecule has 168 valence electrons. The molecule has 0 aliphatic carbocycles. The van der Waals surface area contributed by atoms with Crippen LogP contribution in [0.4, 0.5) is 11.4 Å². The highest BCUT2D eigenvalue weighted by Crippen LogP contribution is 2.50. The second-order valence-corrected chi connectivity index (χ2v) is 8.11. The molecule has 2 saturated heterocycles. The summed E-state index contributed by atoms with van der Waals surface area (Å²) in [5.41, 5.74) is 3.03. The molecule has 33 heavy (non-hydrogen) atoms. The summed E-state index contributed by atoms with van der Waals surface area (Å²) in [6.45, 7) is 1.96. The third kappa shape index (κ3) is 3.41. The zero-order valence-corrected chi connectivity index (χ0v) is 18.6. The van der Waals surface area contributed by atoms with Crippen molar-refractivity contribution in [1.82, 2.24) is 0 Å². The second kappa shape index (κ2) is 8.26. The maximum atomic E-state index is 13.7. The average molecular weight is 444 g/mol. The number of ether oxygens (including phenoxy) is 2. The van der Waals surface area contributed by atoms with E-state index < -0.39 is 18.1 Å². The van der Waals surface area contributed by atoms with Gasteiger partial charge in [0.1, 0.15) is 23.5 Å². The van der Waals surface area contributed by atoms with Crippen molar-refractivity contribution in [2.45, 2.75) is 19.1 Å². The Morgan fingerprint density at radius 2 is 1.55 bits per heavy atom. The Morgan fingerprint density at radius 1 is 0.818 bits per heavy atom. The molecule has 0 N–H and O–H groups in total. The standard InChI is InChI=1S/C26H24N2O5/c1-16-9-11-17(12-10-16)27-25(29)22-23(20-15-19(31-2)13-14-21(20)32-3)28(33-24(22)26(27)30)18-7-5-4-6-8-18/h4-15,22-24H,1-3H3/t22-,23-,24-/m1/s1. The molecule has 3 aromatic rings. The molecule has 0 aromatic heterocycles. The number of hydrogen-bond acceptors (Lipinski definition) is 6. The number of anilines is 2. The van der Waals surface area contributed by atoms with E-state index in [2.05, 4.69) is 0 Å². The van der Waals surface area contributed by atoms with Crippen LogP contribution in [0, 0.1) is 12.8 Å². The summed E-state index contributed by atoms with van der Waals surface area (Å²) >= 11 is 0. The van der Waals surface area contributed by atoms with Gasteiger partial charge in [0.2, 0.25) is 5.91 Å². The van der Waals surface area contributed by atoms with Gasteiger partial charge in [-0.2, -0.15) is 0 Å². The topological polar surface area (TPSA) is 68.3 Å². The number of carbonyl (C=O) groups excluding carboxylic acids is 2. The lowest BCUT2D eigenvalue weighted by atomic mass is 9.89. The summed E-state index contributed by atoms with van der Waals surface area (Å²) in [5, 5.41) is 1.65. The molecule has 2 heterocycles. The molecular formula is C26H24N2O5. The Labute approximate surface area is 192 Å². The largest absolute Gasteiger partial charge is 0.497 e. The number of fused-ring (bicyclic) bond motifs is 1. The number of amides is 2. The van der Waals surface area contributed by atoms with Gasteiger partial charge in [0.05, 0.1) is 25.6 Å². The molecule has 0 radical (unpaired) electrons. The number of hydroxylamine groups is 1. The smallest absolute Gasteiger partial charge is 0.266 e. The fraction of sp³-hybridized carbons (Fsp3) is 0.231. The average Bonchev–Trinajstić information content (AvgIpc) is 3.36. The van der Waals surface area contributed by atoms with E-state index in [9.17, 15) is 9.59 Å². The predicted octanol–water partition coefficient (Wildman–Crippen LogP) is 4.06. The van der Waals surface area contributed by atoms with E-state index in [1.54, 1.807) is 43.5 Å². The van der Waals surface area contributed by atoms with Gasteiger partial charge in [0.25, 0.3) is 5.91 Å². The van der Waals surface area contributed by atoms with Gasteiger partial charge in [-0.1, -0.05) is 35.9 Å². The summed E-state index contributed by atoms with van der Waals surface area (Å²) in [4.78, 5) is 34.6. The van der Waals surface area contributed by atoms with Crippen molar-refractivity contribution >= 4 is 23.2 Å². The minimum absolute atomic E-state index is 0.304. The number of aryl methyl sites for hydroxylation is 1. The van der Waals surface area contributed by atoms with Crippen LogP contribution >= 0.6 is 0 Å². The first kappa shape index (κ1) is 21.0. The molecule has 2 aliphatic heterocycles. The van der Waals surface area contributed by atoms with Crippen LogP contribution in [0.2, 0.25) is 0 Å².